The van der Waals surface area contributed by atoms with Gasteiger partial charge in [-0.05, 0) is 11.6 Å². The minimum absolute atomic E-state index is 0. The van der Waals surface area contributed by atoms with Crippen LogP contribution in [-0.2, 0) is 19.6 Å². The molecule has 21 heavy (non-hydrogen) atoms. The molecule has 0 fully saturated rings. The Morgan fingerprint density at radius 2 is 2.10 bits per heavy atom. The predicted octanol–water partition coefficient (Wildman–Crippen LogP) is 2.26. The molecule has 0 saturated carbocycles. The number of hydrogen-bond donors (Lipinski definition) is 2. The molecule has 0 amide bonds. The van der Waals surface area contributed by atoms with Crippen LogP contribution in [0.3, 0.4) is 0 Å². The Morgan fingerprint density at radius 3 is 2.81 bits per heavy atom. The molecule has 7 heteroatoms. The van der Waals surface area contributed by atoms with Crippen molar-refractivity contribution < 1.29 is 14.3 Å². The van der Waals surface area contributed by atoms with Crippen molar-refractivity contribution in [2.75, 3.05) is 6.67 Å². The first-order valence-electron chi connectivity index (χ1n) is 6.30. The quantitative estimate of drug-likeness (QED) is 0.823. The molecule has 0 aliphatic rings. The SMILES string of the molecule is Cl.O=C(O)c1ccccc1CNCc1cnn(CCF)c1. The van der Waals surface area contributed by atoms with Gasteiger partial charge in [0.25, 0.3) is 0 Å². The van der Waals surface area contributed by atoms with Gasteiger partial charge in [-0.25, -0.2) is 9.18 Å². The van der Waals surface area contributed by atoms with Gasteiger partial charge >= 0.3 is 5.97 Å². The Kier molecular flexibility index (Phi) is 6.84. The number of rotatable bonds is 7. The van der Waals surface area contributed by atoms with Crippen LogP contribution >= 0.6 is 12.4 Å². The predicted molar refractivity (Wildman–Crippen MR) is 79.4 cm³/mol. The molecule has 0 unspecified atom stereocenters. The maximum absolute atomic E-state index is 12.1. The number of nitrogens with one attached hydrogen (secondary N) is 1. The highest BCUT2D eigenvalue weighted by atomic mass is 35.5. The van der Waals surface area contributed by atoms with E-state index in [1.807, 2.05) is 6.07 Å². The average Bonchev–Trinajstić information content (AvgIpc) is 2.87. The lowest BCUT2D eigenvalue weighted by Crippen LogP contribution is -2.15. The number of aromatic nitrogens is 2. The van der Waals surface area contributed by atoms with Gasteiger partial charge in [0.15, 0.2) is 0 Å². The molecule has 2 N–H and O–H groups in total. The maximum atomic E-state index is 12.1. The summed E-state index contributed by atoms with van der Waals surface area (Å²) in [5, 5.41) is 16.2. The Bertz CT molecular complexity index is 589. The van der Waals surface area contributed by atoms with Gasteiger partial charge in [-0.2, -0.15) is 5.10 Å². The molecule has 114 valence electrons. The van der Waals surface area contributed by atoms with E-state index in [9.17, 15) is 9.18 Å². The van der Waals surface area contributed by atoms with Crippen LogP contribution in [0.25, 0.3) is 0 Å². The Balaban J connectivity index is 0.00000220. The zero-order valence-corrected chi connectivity index (χ0v) is 12.1. The largest absolute Gasteiger partial charge is 0.478 e. The second kappa shape index (κ2) is 8.39. The summed E-state index contributed by atoms with van der Waals surface area (Å²) in [5.74, 6) is -0.932. The number of carboxylic acids is 1. The fourth-order valence-electron chi connectivity index (χ4n) is 1.93. The lowest BCUT2D eigenvalue weighted by molar-refractivity contribution is 0.0695. The normalized spacial score (nSPS) is 10.1. The van der Waals surface area contributed by atoms with Gasteiger partial charge in [-0.15, -0.1) is 12.4 Å². The fraction of sp³-hybridized carbons (Fsp3) is 0.286. The molecular formula is C14H17ClFN3O2. The van der Waals surface area contributed by atoms with E-state index in [1.165, 1.54) is 0 Å². The summed E-state index contributed by atoms with van der Waals surface area (Å²) >= 11 is 0. The van der Waals surface area contributed by atoms with Crippen LogP contribution in [0.4, 0.5) is 4.39 Å². The number of hydrogen-bond acceptors (Lipinski definition) is 3. The molecule has 0 radical (unpaired) electrons. The van der Waals surface area contributed by atoms with Crippen molar-refractivity contribution in [3.8, 4) is 0 Å². The van der Waals surface area contributed by atoms with E-state index in [0.717, 1.165) is 11.1 Å². The number of nitrogens with zero attached hydrogens (tertiary/aromatic N) is 2. The smallest absolute Gasteiger partial charge is 0.336 e. The van der Waals surface area contributed by atoms with E-state index in [-0.39, 0.29) is 19.0 Å². The summed E-state index contributed by atoms with van der Waals surface area (Å²) in [6.45, 7) is 0.819. The highest BCUT2D eigenvalue weighted by Gasteiger charge is 2.08. The molecule has 0 aliphatic carbocycles. The van der Waals surface area contributed by atoms with Crippen LogP contribution < -0.4 is 5.32 Å². The van der Waals surface area contributed by atoms with Crippen molar-refractivity contribution in [2.45, 2.75) is 19.6 Å². The van der Waals surface area contributed by atoms with Crippen molar-refractivity contribution in [2.24, 2.45) is 0 Å². The van der Waals surface area contributed by atoms with Crippen LogP contribution in [0.5, 0.6) is 0 Å². The molecular weight excluding hydrogens is 297 g/mol. The number of alkyl halides is 1. The highest BCUT2D eigenvalue weighted by molar-refractivity contribution is 5.89. The van der Waals surface area contributed by atoms with Gasteiger partial charge in [0.2, 0.25) is 0 Å². The van der Waals surface area contributed by atoms with Crippen molar-refractivity contribution in [1.29, 1.82) is 0 Å². The molecule has 2 aromatic rings. The van der Waals surface area contributed by atoms with Gasteiger partial charge in [0, 0.05) is 24.8 Å². The monoisotopic (exact) mass is 313 g/mol. The molecule has 1 aromatic carbocycles. The third kappa shape index (κ3) is 4.84. The second-order valence-corrected chi connectivity index (χ2v) is 4.37. The first-order chi connectivity index (χ1) is 9.70. The molecule has 1 aromatic heterocycles. The van der Waals surface area contributed by atoms with E-state index in [2.05, 4.69) is 10.4 Å². The van der Waals surface area contributed by atoms with E-state index >= 15 is 0 Å². The molecule has 2 rings (SSSR count). The summed E-state index contributed by atoms with van der Waals surface area (Å²) in [6.07, 6.45) is 3.45. The summed E-state index contributed by atoms with van der Waals surface area (Å²) in [5.41, 5.74) is 1.97. The standard InChI is InChI=1S/C14H16FN3O2.ClH/c15-5-6-18-10-11(8-17-18)7-16-9-12-3-1-2-4-13(12)14(19)20;/h1-4,8,10,16H,5-7,9H2,(H,19,20);1H. The van der Waals surface area contributed by atoms with Crippen molar-refractivity contribution >= 4 is 18.4 Å². The fourth-order valence-corrected chi connectivity index (χ4v) is 1.93. The molecule has 0 atom stereocenters. The van der Waals surface area contributed by atoms with Crippen LogP contribution in [0.15, 0.2) is 36.7 Å². The number of aromatic carboxylic acids is 1. The highest BCUT2D eigenvalue weighted by Crippen LogP contribution is 2.08. The van der Waals surface area contributed by atoms with Crippen LogP contribution in [0.2, 0.25) is 0 Å². The zero-order valence-electron chi connectivity index (χ0n) is 11.3. The third-order valence-electron chi connectivity index (χ3n) is 2.89. The minimum Gasteiger partial charge on any atom is -0.478 e. The number of aryl methyl sites for hydroxylation is 1. The van der Waals surface area contributed by atoms with Crippen molar-refractivity contribution in [1.82, 2.24) is 15.1 Å². The van der Waals surface area contributed by atoms with E-state index in [0.29, 0.717) is 18.7 Å². The summed E-state index contributed by atoms with van der Waals surface area (Å²) in [7, 11) is 0. The van der Waals surface area contributed by atoms with Crippen LogP contribution in [-0.4, -0.2) is 27.5 Å². The van der Waals surface area contributed by atoms with Gasteiger partial charge in [0.05, 0.1) is 18.3 Å². The Hall–Kier alpha value is -1.92. The van der Waals surface area contributed by atoms with Crippen LogP contribution in [0, 0.1) is 0 Å². The minimum atomic E-state index is -0.932. The number of halogens is 2. The lowest BCUT2D eigenvalue weighted by Gasteiger charge is -2.06. The van der Waals surface area contributed by atoms with Gasteiger partial charge < -0.3 is 10.4 Å². The second-order valence-electron chi connectivity index (χ2n) is 4.37. The average molecular weight is 314 g/mol. The molecule has 0 aliphatic heterocycles. The summed E-state index contributed by atoms with van der Waals surface area (Å²) in [6, 6.07) is 6.87. The first-order valence-corrected chi connectivity index (χ1v) is 6.30. The summed E-state index contributed by atoms with van der Waals surface area (Å²) < 4.78 is 13.7. The summed E-state index contributed by atoms with van der Waals surface area (Å²) in [4.78, 5) is 11.1. The topological polar surface area (TPSA) is 67.2 Å². The number of carbonyl (C=O) groups is 1. The lowest BCUT2D eigenvalue weighted by atomic mass is 10.1. The Morgan fingerprint density at radius 1 is 1.33 bits per heavy atom. The number of benzene rings is 1. The molecule has 1 heterocycles. The first kappa shape index (κ1) is 17.1. The third-order valence-corrected chi connectivity index (χ3v) is 2.89. The zero-order chi connectivity index (χ0) is 14.4. The van der Waals surface area contributed by atoms with E-state index in [4.69, 9.17) is 5.11 Å². The van der Waals surface area contributed by atoms with Gasteiger partial charge in [0.1, 0.15) is 6.67 Å². The van der Waals surface area contributed by atoms with Gasteiger partial charge in [-0.3, -0.25) is 4.68 Å². The van der Waals surface area contributed by atoms with Crippen molar-refractivity contribution in [3.63, 3.8) is 0 Å². The van der Waals surface area contributed by atoms with Crippen LogP contribution in [0.1, 0.15) is 21.5 Å². The number of carboxylic acid groups (broad SMARTS) is 1. The molecule has 0 saturated heterocycles. The molecule has 0 spiro atoms. The van der Waals surface area contributed by atoms with E-state index in [1.54, 1.807) is 35.3 Å². The van der Waals surface area contributed by atoms with Crippen molar-refractivity contribution in [3.05, 3.63) is 53.3 Å². The molecule has 0 bridgehead atoms. The van der Waals surface area contributed by atoms with Gasteiger partial charge in [-0.1, -0.05) is 18.2 Å². The molecule has 5 nitrogen and oxygen atoms in total. The maximum Gasteiger partial charge on any atom is 0.336 e. The Labute approximate surface area is 128 Å². The van der Waals surface area contributed by atoms with E-state index < -0.39 is 12.6 Å².